The summed E-state index contributed by atoms with van der Waals surface area (Å²) in [5.74, 6) is 1.19. The van der Waals surface area contributed by atoms with E-state index in [1.54, 1.807) is 30.6 Å². The van der Waals surface area contributed by atoms with E-state index in [1.165, 1.54) is 0 Å². The monoisotopic (exact) mass is 335 g/mol. The Hall–Kier alpha value is -2.94. The minimum Gasteiger partial charge on any atom is -0.338 e. The van der Waals surface area contributed by atoms with Crippen LogP contribution in [0.4, 0.5) is 0 Å². The van der Waals surface area contributed by atoms with E-state index in [2.05, 4.69) is 23.2 Å². The Balaban J connectivity index is 1.67. The van der Waals surface area contributed by atoms with Crippen LogP contribution in [0.15, 0.2) is 36.7 Å². The van der Waals surface area contributed by atoms with Crippen LogP contribution in [-0.4, -0.2) is 38.7 Å². The molecule has 1 aromatic carbocycles. The summed E-state index contributed by atoms with van der Waals surface area (Å²) in [7, 11) is 0. The molecule has 0 N–H and O–H groups in total. The van der Waals surface area contributed by atoms with Crippen LogP contribution in [0.5, 0.6) is 0 Å². The van der Waals surface area contributed by atoms with E-state index in [0.717, 1.165) is 37.3 Å². The van der Waals surface area contributed by atoms with Crippen LogP contribution in [0, 0.1) is 11.3 Å². The Kier molecular flexibility index (Phi) is 5.24. The minimum atomic E-state index is -0.00498. The van der Waals surface area contributed by atoms with E-state index in [0.29, 0.717) is 12.1 Å². The van der Waals surface area contributed by atoms with E-state index in [1.807, 2.05) is 21.6 Å². The zero-order valence-electron chi connectivity index (χ0n) is 14.3. The van der Waals surface area contributed by atoms with Gasteiger partial charge in [0.25, 0.3) is 0 Å². The lowest BCUT2D eigenvalue weighted by molar-refractivity contribution is -0.127. The number of nitrogens with zero attached hydrogens (tertiary/aromatic N) is 5. The van der Waals surface area contributed by atoms with Gasteiger partial charge in [-0.15, -0.1) is 10.2 Å². The van der Waals surface area contributed by atoms with Crippen LogP contribution in [0.25, 0.3) is 6.08 Å². The smallest absolute Gasteiger partial charge is 0.246 e. The summed E-state index contributed by atoms with van der Waals surface area (Å²) in [5.41, 5.74) is 1.44. The van der Waals surface area contributed by atoms with E-state index < -0.39 is 0 Å². The molecular formula is C19H21N5O. The van der Waals surface area contributed by atoms with Crippen molar-refractivity contribution in [3.8, 4) is 6.07 Å². The van der Waals surface area contributed by atoms with Crippen LogP contribution >= 0.6 is 0 Å². The van der Waals surface area contributed by atoms with Gasteiger partial charge in [-0.05, 0) is 43.5 Å². The van der Waals surface area contributed by atoms with E-state index in [9.17, 15) is 4.79 Å². The van der Waals surface area contributed by atoms with Gasteiger partial charge in [-0.1, -0.05) is 12.1 Å². The van der Waals surface area contributed by atoms with Gasteiger partial charge in [0.15, 0.2) is 0 Å². The topological polar surface area (TPSA) is 74.8 Å². The number of likely N-dealkylation sites (tertiary alicyclic amines) is 1. The summed E-state index contributed by atoms with van der Waals surface area (Å²) >= 11 is 0. The number of piperidine rings is 1. The van der Waals surface area contributed by atoms with Crippen molar-refractivity contribution in [2.24, 2.45) is 0 Å². The van der Waals surface area contributed by atoms with Crippen molar-refractivity contribution in [1.82, 2.24) is 19.7 Å². The molecule has 0 bridgehead atoms. The number of amides is 1. The molecule has 6 nitrogen and oxygen atoms in total. The van der Waals surface area contributed by atoms with E-state index >= 15 is 0 Å². The van der Waals surface area contributed by atoms with Crippen molar-refractivity contribution in [1.29, 1.82) is 5.26 Å². The third kappa shape index (κ3) is 3.94. The number of aromatic nitrogens is 3. The predicted molar refractivity (Wildman–Crippen MR) is 94.4 cm³/mol. The van der Waals surface area contributed by atoms with Gasteiger partial charge in [0.1, 0.15) is 12.2 Å². The molecule has 1 aliphatic heterocycles. The Morgan fingerprint density at radius 3 is 3.16 bits per heavy atom. The fraction of sp³-hybridized carbons (Fsp3) is 0.368. The van der Waals surface area contributed by atoms with Crippen molar-refractivity contribution in [3.05, 3.63) is 53.6 Å². The second-order valence-corrected chi connectivity index (χ2v) is 6.17. The first-order valence-electron chi connectivity index (χ1n) is 8.56. The number of aryl methyl sites for hydroxylation is 1. The van der Waals surface area contributed by atoms with E-state index in [-0.39, 0.29) is 11.8 Å². The number of hydrogen-bond acceptors (Lipinski definition) is 4. The lowest BCUT2D eigenvalue weighted by atomic mass is 9.97. The molecule has 0 saturated carbocycles. The van der Waals surface area contributed by atoms with Gasteiger partial charge in [0, 0.05) is 31.6 Å². The highest BCUT2D eigenvalue weighted by Gasteiger charge is 2.26. The molecule has 0 aliphatic carbocycles. The number of rotatable bonds is 4. The predicted octanol–water partition coefficient (Wildman–Crippen LogP) is 2.59. The lowest BCUT2D eigenvalue weighted by Crippen LogP contribution is -2.38. The van der Waals surface area contributed by atoms with E-state index in [4.69, 9.17) is 5.26 Å². The third-order valence-electron chi connectivity index (χ3n) is 4.52. The molecule has 0 radical (unpaired) electrons. The highest BCUT2D eigenvalue weighted by Crippen LogP contribution is 2.25. The van der Waals surface area contributed by atoms with Crippen LogP contribution in [0.2, 0.25) is 0 Å². The zero-order chi connectivity index (χ0) is 17.6. The standard InChI is InChI=1S/C19H21N5O/c1-2-23-14-21-22-19(23)17-7-4-10-24(13-17)18(25)9-8-15-5-3-6-16(11-15)12-20/h3,5-6,8-9,11,14,17H,2,4,7,10,13H2,1H3/b9-8+. The molecule has 3 rings (SSSR count). The molecule has 1 aromatic heterocycles. The van der Waals surface area contributed by atoms with Gasteiger partial charge in [-0.3, -0.25) is 4.79 Å². The van der Waals surface area contributed by atoms with Gasteiger partial charge in [-0.25, -0.2) is 0 Å². The average Bonchev–Trinajstić information content (AvgIpc) is 3.15. The van der Waals surface area contributed by atoms with Crippen molar-refractivity contribution in [2.45, 2.75) is 32.2 Å². The maximum atomic E-state index is 12.5. The number of nitriles is 1. The molecule has 6 heteroatoms. The first-order valence-corrected chi connectivity index (χ1v) is 8.56. The Labute approximate surface area is 147 Å². The summed E-state index contributed by atoms with van der Waals surface area (Å²) in [4.78, 5) is 14.4. The molecule has 1 saturated heterocycles. The van der Waals surface area contributed by atoms with Crippen LogP contribution in [-0.2, 0) is 11.3 Å². The molecule has 1 fully saturated rings. The maximum Gasteiger partial charge on any atom is 0.246 e. The van der Waals surface area contributed by atoms with Crippen molar-refractivity contribution >= 4 is 12.0 Å². The van der Waals surface area contributed by atoms with Crippen molar-refractivity contribution in [3.63, 3.8) is 0 Å². The number of hydrogen-bond donors (Lipinski definition) is 0. The minimum absolute atomic E-state index is 0.00498. The third-order valence-corrected chi connectivity index (χ3v) is 4.52. The normalized spacial score (nSPS) is 17.6. The first-order chi connectivity index (χ1) is 12.2. The highest BCUT2D eigenvalue weighted by molar-refractivity contribution is 5.91. The zero-order valence-corrected chi connectivity index (χ0v) is 14.3. The summed E-state index contributed by atoms with van der Waals surface area (Å²) in [5, 5.41) is 17.2. The fourth-order valence-electron chi connectivity index (χ4n) is 3.20. The molecule has 1 atom stereocenters. The van der Waals surface area contributed by atoms with Crippen LogP contribution in [0.1, 0.15) is 42.6 Å². The van der Waals surface area contributed by atoms with Crippen LogP contribution < -0.4 is 0 Å². The van der Waals surface area contributed by atoms with Crippen LogP contribution in [0.3, 0.4) is 0 Å². The maximum absolute atomic E-state index is 12.5. The summed E-state index contributed by atoms with van der Waals surface area (Å²) in [6.45, 7) is 4.33. The summed E-state index contributed by atoms with van der Waals surface area (Å²) in [6, 6.07) is 9.32. The Morgan fingerprint density at radius 2 is 2.36 bits per heavy atom. The van der Waals surface area contributed by atoms with Gasteiger partial charge in [0.2, 0.25) is 5.91 Å². The number of benzene rings is 1. The average molecular weight is 335 g/mol. The van der Waals surface area contributed by atoms with Gasteiger partial charge >= 0.3 is 0 Å². The quantitative estimate of drug-likeness (QED) is 0.805. The van der Waals surface area contributed by atoms with Gasteiger partial charge in [-0.2, -0.15) is 5.26 Å². The molecule has 2 aromatic rings. The molecule has 2 heterocycles. The molecule has 1 amide bonds. The summed E-state index contributed by atoms with van der Waals surface area (Å²) < 4.78 is 2.04. The lowest BCUT2D eigenvalue weighted by Gasteiger charge is -2.31. The molecule has 128 valence electrons. The molecule has 1 unspecified atom stereocenters. The Morgan fingerprint density at radius 1 is 1.48 bits per heavy atom. The molecule has 1 aliphatic rings. The second kappa shape index (κ2) is 7.75. The molecular weight excluding hydrogens is 314 g/mol. The number of carbonyl (C=O) groups is 1. The van der Waals surface area contributed by atoms with Gasteiger partial charge in [0.05, 0.1) is 11.6 Å². The Bertz CT molecular complexity index is 817. The van der Waals surface area contributed by atoms with Crippen molar-refractivity contribution < 1.29 is 4.79 Å². The molecule has 25 heavy (non-hydrogen) atoms. The van der Waals surface area contributed by atoms with Gasteiger partial charge < -0.3 is 9.47 Å². The largest absolute Gasteiger partial charge is 0.338 e. The summed E-state index contributed by atoms with van der Waals surface area (Å²) in [6.07, 6.45) is 7.09. The molecule has 0 spiro atoms. The highest BCUT2D eigenvalue weighted by atomic mass is 16.2. The second-order valence-electron chi connectivity index (χ2n) is 6.17. The fourth-order valence-corrected chi connectivity index (χ4v) is 3.20. The van der Waals surface area contributed by atoms with Crippen molar-refractivity contribution in [2.75, 3.05) is 13.1 Å². The first kappa shape index (κ1) is 16.9. The SMILES string of the molecule is CCn1cnnc1C1CCCN(C(=O)/C=C/c2cccc(C#N)c2)C1. The number of carbonyl (C=O) groups excluding carboxylic acids is 1.